The van der Waals surface area contributed by atoms with Crippen LogP contribution in [0.15, 0.2) is 71.8 Å². The normalized spacial score (nSPS) is 11.6. The Kier molecular flexibility index (Phi) is 8.17. The lowest BCUT2D eigenvalue weighted by Crippen LogP contribution is -2.33. The van der Waals surface area contributed by atoms with Crippen molar-refractivity contribution in [3.05, 3.63) is 93.5 Å². The summed E-state index contributed by atoms with van der Waals surface area (Å²) in [5.41, 5.74) is 4.04. The molecular weight excluding hydrogens is 438 g/mol. The number of nitrogens with zero attached hydrogens (tertiary/aromatic N) is 2. The number of hydrogen-bond acceptors (Lipinski definition) is 7. The van der Waals surface area contributed by atoms with Crippen molar-refractivity contribution >= 4 is 17.8 Å². The number of ether oxygens (including phenoxy) is 3. The summed E-state index contributed by atoms with van der Waals surface area (Å²) >= 11 is 0. The molecule has 34 heavy (non-hydrogen) atoms. The van der Waals surface area contributed by atoms with Gasteiger partial charge < -0.3 is 14.2 Å². The van der Waals surface area contributed by atoms with Gasteiger partial charge in [-0.05, 0) is 37.1 Å². The van der Waals surface area contributed by atoms with E-state index >= 15 is 0 Å². The maximum Gasteiger partial charge on any atom is 0.282 e. The minimum Gasteiger partial charge on any atom is -0.493 e. The van der Waals surface area contributed by atoms with E-state index < -0.39 is 16.9 Å². The van der Waals surface area contributed by atoms with Crippen LogP contribution in [0.5, 0.6) is 17.2 Å². The first-order valence-corrected chi connectivity index (χ1v) is 10.5. The number of nitro benzene ring substituents is 1. The van der Waals surface area contributed by atoms with E-state index in [-0.39, 0.29) is 23.6 Å². The van der Waals surface area contributed by atoms with Gasteiger partial charge in [0.15, 0.2) is 17.6 Å². The summed E-state index contributed by atoms with van der Waals surface area (Å²) < 4.78 is 16.7. The van der Waals surface area contributed by atoms with Gasteiger partial charge in [-0.2, -0.15) is 5.10 Å². The van der Waals surface area contributed by atoms with Crippen molar-refractivity contribution in [2.75, 3.05) is 7.11 Å². The topological polar surface area (TPSA) is 112 Å². The number of carbonyl (C=O) groups excluding carboxylic acids is 1. The number of para-hydroxylation sites is 1. The maximum atomic E-state index is 12.3. The lowest BCUT2D eigenvalue weighted by Gasteiger charge is -2.14. The quantitative estimate of drug-likeness (QED) is 0.271. The smallest absolute Gasteiger partial charge is 0.282 e. The molecule has 1 N–H and O–H groups in total. The largest absolute Gasteiger partial charge is 0.493 e. The summed E-state index contributed by atoms with van der Waals surface area (Å²) in [4.78, 5) is 23.4. The molecule has 0 heterocycles. The van der Waals surface area contributed by atoms with Crippen molar-refractivity contribution in [3.63, 3.8) is 0 Å². The van der Waals surface area contributed by atoms with Gasteiger partial charge in [0.2, 0.25) is 0 Å². The van der Waals surface area contributed by atoms with E-state index in [1.54, 1.807) is 13.0 Å². The third kappa shape index (κ3) is 6.32. The highest BCUT2D eigenvalue weighted by atomic mass is 16.6. The fourth-order valence-corrected chi connectivity index (χ4v) is 3.02. The monoisotopic (exact) mass is 463 g/mol. The Morgan fingerprint density at radius 1 is 1.09 bits per heavy atom. The van der Waals surface area contributed by atoms with Gasteiger partial charge in [-0.3, -0.25) is 14.9 Å². The minimum absolute atomic E-state index is 0.140. The van der Waals surface area contributed by atoms with Gasteiger partial charge in [0.1, 0.15) is 12.4 Å². The molecule has 0 spiro atoms. The van der Waals surface area contributed by atoms with Crippen LogP contribution in [0.25, 0.3) is 0 Å². The molecular formula is C25H25N3O6. The van der Waals surface area contributed by atoms with Gasteiger partial charge in [0, 0.05) is 0 Å². The van der Waals surface area contributed by atoms with Gasteiger partial charge in [-0.25, -0.2) is 5.43 Å². The molecule has 9 nitrogen and oxygen atoms in total. The molecule has 0 aliphatic carbocycles. The van der Waals surface area contributed by atoms with E-state index in [0.717, 1.165) is 11.1 Å². The average Bonchev–Trinajstić information content (AvgIpc) is 2.84. The van der Waals surface area contributed by atoms with Crippen LogP contribution >= 0.6 is 0 Å². The molecule has 9 heteroatoms. The van der Waals surface area contributed by atoms with Crippen molar-refractivity contribution in [2.24, 2.45) is 5.10 Å². The number of hydrogen-bond donors (Lipinski definition) is 1. The second-order valence-electron chi connectivity index (χ2n) is 7.35. The first kappa shape index (κ1) is 24.2. The Morgan fingerprint density at radius 3 is 2.47 bits per heavy atom. The first-order valence-electron chi connectivity index (χ1n) is 10.5. The molecule has 1 atom stereocenters. The van der Waals surface area contributed by atoms with E-state index in [4.69, 9.17) is 14.2 Å². The Balaban J connectivity index is 1.71. The highest BCUT2D eigenvalue weighted by molar-refractivity contribution is 5.88. The SMILES string of the molecule is COc1cc(/C=N\NC(=O)[C@@H](C)Oc2ccccc2C)c([N+](=O)[O-])cc1OCc1ccccc1. The summed E-state index contributed by atoms with van der Waals surface area (Å²) in [7, 11) is 1.43. The van der Waals surface area contributed by atoms with Crippen molar-refractivity contribution in [1.82, 2.24) is 5.43 Å². The fraction of sp³-hybridized carbons (Fsp3) is 0.200. The third-order valence-electron chi connectivity index (χ3n) is 4.89. The Labute approximate surface area is 197 Å². The van der Waals surface area contributed by atoms with Crippen LogP contribution in [0, 0.1) is 17.0 Å². The highest BCUT2D eigenvalue weighted by Gasteiger charge is 2.20. The average molecular weight is 463 g/mol. The number of nitro groups is 1. The van der Waals surface area contributed by atoms with Crippen LogP contribution in [0.4, 0.5) is 5.69 Å². The summed E-state index contributed by atoms with van der Waals surface area (Å²) in [6.45, 7) is 3.68. The van der Waals surface area contributed by atoms with E-state index in [9.17, 15) is 14.9 Å². The number of benzene rings is 3. The number of amides is 1. The number of aryl methyl sites for hydroxylation is 1. The van der Waals surface area contributed by atoms with E-state index in [1.807, 2.05) is 55.5 Å². The zero-order chi connectivity index (χ0) is 24.5. The van der Waals surface area contributed by atoms with E-state index in [2.05, 4.69) is 10.5 Å². The van der Waals surface area contributed by atoms with Gasteiger partial charge in [0.25, 0.3) is 11.6 Å². The van der Waals surface area contributed by atoms with Crippen LogP contribution < -0.4 is 19.6 Å². The van der Waals surface area contributed by atoms with Crippen LogP contribution in [0.2, 0.25) is 0 Å². The molecule has 0 saturated heterocycles. The molecule has 0 unspecified atom stereocenters. The minimum atomic E-state index is -0.823. The van der Waals surface area contributed by atoms with Gasteiger partial charge >= 0.3 is 0 Å². The lowest BCUT2D eigenvalue weighted by molar-refractivity contribution is -0.385. The molecule has 0 saturated carbocycles. The van der Waals surface area contributed by atoms with Crippen molar-refractivity contribution in [1.29, 1.82) is 0 Å². The Morgan fingerprint density at radius 2 is 1.79 bits per heavy atom. The number of nitrogens with one attached hydrogen (secondary N) is 1. The molecule has 0 bridgehead atoms. The molecule has 3 aromatic carbocycles. The molecule has 3 aromatic rings. The maximum absolute atomic E-state index is 12.3. The molecule has 0 fully saturated rings. The Hall–Kier alpha value is -4.40. The zero-order valence-corrected chi connectivity index (χ0v) is 19.1. The predicted molar refractivity (Wildman–Crippen MR) is 127 cm³/mol. The second kappa shape index (κ2) is 11.5. The third-order valence-corrected chi connectivity index (χ3v) is 4.89. The van der Waals surface area contributed by atoms with Crippen molar-refractivity contribution in [2.45, 2.75) is 26.6 Å². The van der Waals surface area contributed by atoms with Crippen LogP contribution in [0.3, 0.4) is 0 Å². The number of methoxy groups -OCH3 is 1. The number of carbonyl (C=O) groups is 1. The molecule has 0 radical (unpaired) electrons. The summed E-state index contributed by atoms with van der Waals surface area (Å²) in [6, 6.07) is 19.4. The highest BCUT2D eigenvalue weighted by Crippen LogP contribution is 2.34. The summed E-state index contributed by atoms with van der Waals surface area (Å²) in [5, 5.41) is 15.5. The molecule has 0 aliphatic heterocycles. The first-order chi connectivity index (χ1) is 16.4. The summed E-state index contributed by atoms with van der Waals surface area (Å²) in [5.74, 6) is 0.600. The van der Waals surface area contributed by atoms with Crippen molar-refractivity contribution in [3.8, 4) is 17.2 Å². The van der Waals surface area contributed by atoms with E-state index in [1.165, 1.54) is 25.5 Å². The lowest BCUT2D eigenvalue weighted by atomic mass is 10.1. The standard InChI is InChI=1S/C25H25N3O6/c1-17-9-7-8-12-22(17)34-18(2)25(29)27-26-15-20-13-23(32-3)24(14-21(20)28(30)31)33-16-19-10-5-4-6-11-19/h4-15,18H,16H2,1-3H3,(H,27,29)/b26-15-/t18-/m1/s1. The molecule has 0 aromatic heterocycles. The Bertz CT molecular complexity index is 1180. The van der Waals surface area contributed by atoms with Crippen molar-refractivity contribution < 1.29 is 23.9 Å². The van der Waals surface area contributed by atoms with Gasteiger partial charge in [-0.15, -0.1) is 0 Å². The molecule has 176 valence electrons. The van der Waals surface area contributed by atoms with Gasteiger partial charge in [-0.1, -0.05) is 48.5 Å². The number of hydrazone groups is 1. The predicted octanol–water partition coefficient (Wildman–Crippen LogP) is 4.41. The molecule has 3 rings (SSSR count). The molecule has 0 aliphatic rings. The second-order valence-corrected chi connectivity index (χ2v) is 7.35. The fourth-order valence-electron chi connectivity index (χ4n) is 3.02. The number of rotatable bonds is 10. The van der Waals surface area contributed by atoms with Crippen LogP contribution in [0.1, 0.15) is 23.6 Å². The van der Waals surface area contributed by atoms with Crippen LogP contribution in [-0.4, -0.2) is 30.3 Å². The summed E-state index contributed by atoms with van der Waals surface area (Å²) in [6.07, 6.45) is 0.358. The van der Waals surface area contributed by atoms with E-state index in [0.29, 0.717) is 11.5 Å². The molecule has 1 amide bonds. The van der Waals surface area contributed by atoms with Gasteiger partial charge in [0.05, 0.1) is 29.9 Å². The van der Waals surface area contributed by atoms with Crippen LogP contribution in [-0.2, 0) is 11.4 Å². The zero-order valence-electron chi connectivity index (χ0n) is 19.1.